The third kappa shape index (κ3) is 5.01. The van der Waals surface area contributed by atoms with Gasteiger partial charge < -0.3 is 10.5 Å². The van der Waals surface area contributed by atoms with Crippen molar-refractivity contribution < 1.29 is 9.53 Å². The van der Waals surface area contributed by atoms with Crippen LogP contribution in [-0.2, 0) is 0 Å². The van der Waals surface area contributed by atoms with E-state index in [1.807, 2.05) is 19.1 Å². The molecule has 3 rings (SSSR count). The van der Waals surface area contributed by atoms with Gasteiger partial charge in [-0.2, -0.15) is 5.21 Å². The zero-order valence-corrected chi connectivity index (χ0v) is 16.6. The number of rotatable bonds is 6. The number of hydrogen-bond donors (Lipinski definition) is 3. The van der Waals surface area contributed by atoms with E-state index in [1.165, 1.54) is 0 Å². The smallest absolute Gasteiger partial charge is 0.276 e. The molecule has 0 unspecified atom stereocenters. The number of ether oxygens (including phenoxy) is 1. The fourth-order valence-electron chi connectivity index (χ4n) is 2.11. The second-order valence-corrected chi connectivity index (χ2v) is 5.23. The van der Waals surface area contributed by atoms with Crippen molar-refractivity contribution >= 4 is 47.1 Å². The Morgan fingerprint density at radius 2 is 2.04 bits per heavy atom. The number of pyridine rings is 1. The summed E-state index contributed by atoms with van der Waals surface area (Å²) in [5, 5.41) is 15.6. The van der Waals surface area contributed by atoms with Crippen LogP contribution in [0.4, 0.5) is 11.6 Å². The number of carbonyl (C=O) groups is 1. The average molecular weight is 362 g/mol. The summed E-state index contributed by atoms with van der Waals surface area (Å²) < 4.78 is 5.67. The van der Waals surface area contributed by atoms with Crippen molar-refractivity contribution in [3.63, 3.8) is 0 Å². The molecule has 10 heteroatoms. The van der Waals surface area contributed by atoms with Crippen molar-refractivity contribution in [3.8, 4) is 17.0 Å². The number of aromatic amines is 1. The topological polar surface area (TPSA) is 132 Å². The van der Waals surface area contributed by atoms with Crippen molar-refractivity contribution in [3.05, 3.63) is 42.1 Å². The molecule has 2 heterocycles. The fourth-order valence-corrected chi connectivity index (χ4v) is 2.11. The molecular weight excluding hydrogens is 345 g/mol. The quantitative estimate of drug-likeness (QED) is 0.447. The summed E-state index contributed by atoms with van der Waals surface area (Å²) in [5.74, 6) is 0.169. The number of hydrogen-bond acceptors (Lipinski definition) is 7. The third-order valence-corrected chi connectivity index (χ3v) is 3.28. The maximum atomic E-state index is 12.4. The number of nitrogens with two attached hydrogens (primary N) is 1. The Balaban J connectivity index is 0.00000243. The molecule has 1 aromatic carbocycles. The Kier molecular flexibility index (Phi) is 7.07. The molecule has 129 valence electrons. The van der Waals surface area contributed by atoms with Crippen LogP contribution in [-0.4, -0.2) is 67.7 Å². The van der Waals surface area contributed by atoms with Crippen LogP contribution in [0.1, 0.15) is 23.8 Å². The molecule has 0 spiro atoms. The van der Waals surface area contributed by atoms with Crippen LogP contribution in [0.2, 0.25) is 0 Å². The molecule has 0 aliphatic carbocycles. The van der Waals surface area contributed by atoms with Gasteiger partial charge in [0.25, 0.3) is 11.9 Å². The Hall–Kier alpha value is -2.49. The van der Waals surface area contributed by atoms with E-state index in [-0.39, 0.29) is 41.2 Å². The minimum Gasteiger partial charge on any atom is -0.493 e. The van der Waals surface area contributed by atoms with Gasteiger partial charge in [0.2, 0.25) is 0 Å². The van der Waals surface area contributed by atoms with Crippen LogP contribution in [0.5, 0.6) is 5.75 Å². The number of carbonyl (C=O) groups excluding carboxylic acids is 1. The number of tetrazole rings is 1. The Morgan fingerprint density at radius 1 is 1.27 bits per heavy atom. The number of amides is 1. The van der Waals surface area contributed by atoms with Gasteiger partial charge in [0.1, 0.15) is 11.4 Å². The van der Waals surface area contributed by atoms with Crippen molar-refractivity contribution in [1.82, 2.24) is 25.6 Å². The van der Waals surface area contributed by atoms with Crippen LogP contribution in [0.3, 0.4) is 0 Å². The maximum absolute atomic E-state index is 12.4. The minimum atomic E-state index is -0.458. The van der Waals surface area contributed by atoms with Crippen LogP contribution in [0, 0.1) is 0 Å². The first-order chi connectivity index (χ1) is 12.2. The molecule has 0 saturated heterocycles. The van der Waals surface area contributed by atoms with Crippen LogP contribution in [0.25, 0.3) is 11.3 Å². The van der Waals surface area contributed by atoms with E-state index in [1.54, 1.807) is 24.3 Å². The normalized spacial score (nSPS) is 10.0. The Morgan fingerprint density at radius 3 is 2.69 bits per heavy atom. The fraction of sp³-hybridized carbons (Fsp3) is 0.188. The largest absolute Gasteiger partial charge is 0.493 e. The van der Waals surface area contributed by atoms with Gasteiger partial charge in [0, 0.05) is 52.9 Å². The number of nitrogen functional groups attached to an aromatic ring is 1. The van der Waals surface area contributed by atoms with Gasteiger partial charge in [-0.3, -0.25) is 10.1 Å². The van der Waals surface area contributed by atoms with Crippen molar-refractivity contribution in [2.45, 2.75) is 13.3 Å². The predicted molar refractivity (Wildman–Crippen MR) is 97.8 cm³/mol. The first kappa shape index (κ1) is 19.8. The summed E-state index contributed by atoms with van der Waals surface area (Å²) in [6.45, 7) is 2.54. The number of nitrogens with zero attached hydrogens (tertiary/aromatic N) is 4. The van der Waals surface area contributed by atoms with E-state index in [4.69, 9.17) is 10.5 Å². The summed E-state index contributed by atoms with van der Waals surface area (Å²) >= 11 is 0. The number of benzene rings is 1. The van der Waals surface area contributed by atoms with Gasteiger partial charge >= 0.3 is 0 Å². The Bertz CT molecular complexity index is 854. The predicted octanol–water partition coefficient (Wildman–Crippen LogP) is 1.50. The molecule has 0 bridgehead atoms. The van der Waals surface area contributed by atoms with E-state index < -0.39 is 5.91 Å². The van der Waals surface area contributed by atoms with E-state index in [0.29, 0.717) is 23.7 Å². The van der Waals surface area contributed by atoms with Crippen LogP contribution < -0.4 is 15.8 Å². The molecule has 4 N–H and O–H groups in total. The maximum Gasteiger partial charge on any atom is 0.276 e. The number of anilines is 2. The van der Waals surface area contributed by atoms with Gasteiger partial charge in [-0.15, -0.1) is 5.10 Å². The van der Waals surface area contributed by atoms with E-state index >= 15 is 0 Å². The molecule has 3 aromatic rings. The third-order valence-electron chi connectivity index (χ3n) is 3.28. The molecule has 1 radical (unpaired) electrons. The molecule has 0 aliphatic heterocycles. The Labute approximate surface area is 172 Å². The number of H-pyrrole nitrogens is 1. The summed E-state index contributed by atoms with van der Waals surface area (Å²) in [6, 6.07) is 10.6. The van der Waals surface area contributed by atoms with Gasteiger partial charge in [-0.25, -0.2) is 4.98 Å². The molecule has 0 fully saturated rings. The van der Waals surface area contributed by atoms with Gasteiger partial charge in [0.15, 0.2) is 0 Å². The molecule has 26 heavy (non-hydrogen) atoms. The van der Waals surface area contributed by atoms with Crippen molar-refractivity contribution in [2.24, 2.45) is 0 Å². The zero-order chi connectivity index (χ0) is 17.6. The molecule has 2 aromatic heterocycles. The second-order valence-electron chi connectivity index (χ2n) is 5.23. The summed E-state index contributed by atoms with van der Waals surface area (Å²) in [7, 11) is 0. The monoisotopic (exact) mass is 362 g/mol. The molecule has 0 saturated carbocycles. The minimum absolute atomic E-state index is 0. The number of aromatic nitrogens is 5. The molecule has 9 nitrogen and oxygen atoms in total. The van der Waals surface area contributed by atoms with Crippen LogP contribution in [0.15, 0.2) is 36.4 Å². The SMILES string of the molecule is CCCOc1cc(C(=O)Nc2nn[nH]n2)nc(-c2ccc(N)cc2)c1.[Na]. The standard InChI is InChI=1S/C16H17N7O2.Na/c1-2-7-25-12-8-13(10-3-5-11(17)6-4-10)18-14(9-12)15(24)19-16-20-22-23-21-16;/h3-6,8-9H,2,7,17H2,1H3,(H2,19,20,21,22,23,24);. The summed E-state index contributed by atoms with van der Waals surface area (Å²) in [6.07, 6.45) is 0.851. The first-order valence-corrected chi connectivity index (χ1v) is 7.71. The molecule has 0 aliphatic rings. The van der Waals surface area contributed by atoms with Crippen LogP contribution >= 0.6 is 0 Å². The van der Waals surface area contributed by atoms with Crippen molar-refractivity contribution in [2.75, 3.05) is 17.7 Å². The van der Waals surface area contributed by atoms with Crippen molar-refractivity contribution in [1.29, 1.82) is 0 Å². The van der Waals surface area contributed by atoms with E-state index in [0.717, 1.165) is 12.0 Å². The first-order valence-electron chi connectivity index (χ1n) is 7.71. The van der Waals surface area contributed by atoms with Gasteiger partial charge in [0.05, 0.1) is 12.3 Å². The second kappa shape index (κ2) is 9.27. The van der Waals surface area contributed by atoms with Gasteiger partial charge in [-0.1, -0.05) is 24.2 Å². The molecular formula is C16H17N7NaO2. The van der Waals surface area contributed by atoms with E-state index in [2.05, 4.69) is 30.9 Å². The molecule has 0 atom stereocenters. The summed E-state index contributed by atoms with van der Waals surface area (Å²) in [5.41, 5.74) is 7.99. The van der Waals surface area contributed by atoms with E-state index in [9.17, 15) is 4.79 Å². The average Bonchev–Trinajstić information content (AvgIpc) is 3.13. The zero-order valence-electron chi connectivity index (χ0n) is 14.6. The number of nitrogens with one attached hydrogen (secondary N) is 2. The van der Waals surface area contributed by atoms with Gasteiger partial charge in [-0.05, 0) is 23.8 Å². The molecule has 1 amide bonds. The summed E-state index contributed by atoms with van der Waals surface area (Å²) in [4.78, 5) is 16.8.